The van der Waals surface area contributed by atoms with E-state index >= 15 is 0 Å². The Labute approximate surface area is 180 Å². The standard InChI is InChI=1S/C21H27BrN2O3.ClH/c1-15-17-6-5-16(22)13-18(17)27-19(15)20(25)23-14-21(7-3-2-4-8-21)24-9-11-26-12-10-24;/h5-6,13H,2-4,7-12,14H2,1H3,(H,23,25);1H. The number of furan rings is 1. The average Bonchev–Trinajstić information content (AvgIpc) is 3.03. The first-order valence-electron chi connectivity index (χ1n) is 9.89. The fourth-order valence-electron chi connectivity index (χ4n) is 4.59. The summed E-state index contributed by atoms with van der Waals surface area (Å²) in [7, 11) is 0. The molecule has 1 aliphatic carbocycles. The van der Waals surface area contributed by atoms with Crippen LogP contribution in [0.5, 0.6) is 0 Å². The van der Waals surface area contributed by atoms with E-state index in [0.717, 1.165) is 60.2 Å². The molecule has 1 saturated carbocycles. The highest BCUT2D eigenvalue weighted by Crippen LogP contribution is 2.34. The summed E-state index contributed by atoms with van der Waals surface area (Å²) in [5.74, 6) is 0.314. The first-order chi connectivity index (χ1) is 13.1. The Morgan fingerprint density at radius 1 is 1.21 bits per heavy atom. The molecule has 1 amide bonds. The van der Waals surface area contributed by atoms with Crippen molar-refractivity contribution in [2.45, 2.75) is 44.6 Å². The fourth-order valence-corrected chi connectivity index (χ4v) is 4.93. The third-order valence-electron chi connectivity index (χ3n) is 6.15. The van der Waals surface area contributed by atoms with E-state index in [-0.39, 0.29) is 23.9 Å². The van der Waals surface area contributed by atoms with Gasteiger partial charge in [0, 0.05) is 40.6 Å². The van der Waals surface area contributed by atoms with Crippen molar-refractivity contribution in [2.75, 3.05) is 32.8 Å². The number of morpholine rings is 1. The second kappa shape index (κ2) is 9.16. The molecule has 0 radical (unpaired) electrons. The Bertz CT molecular complexity index is 826. The van der Waals surface area contributed by atoms with Gasteiger partial charge in [-0.1, -0.05) is 35.2 Å². The molecule has 2 aliphatic rings. The Kier molecular flexibility index (Phi) is 7.07. The Morgan fingerprint density at radius 3 is 2.64 bits per heavy atom. The zero-order valence-electron chi connectivity index (χ0n) is 16.3. The van der Waals surface area contributed by atoms with Gasteiger partial charge in [0.15, 0.2) is 5.76 Å². The monoisotopic (exact) mass is 470 g/mol. The molecular formula is C21H28BrClN2O3. The van der Waals surface area contributed by atoms with Crippen LogP contribution in [0.4, 0.5) is 0 Å². The number of nitrogens with one attached hydrogen (secondary N) is 1. The summed E-state index contributed by atoms with van der Waals surface area (Å²) in [6.45, 7) is 6.10. The predicted molar refractivity (Wildman–Crippen MR) is 116 cm³/mol. The number of halogens is 2. The van der Waals surface area contributed by atoms with Crippen molar-refractivity contribution in [3.63, 3.8) is 0 Å². The van der Waals surface area contributed by atoms with Crippen LogP contribution in [0, 0.1) is 6.92 Å². The van der Waals surface area contributed by atoms with E-state index in [1.165, 1.54) is 19.3 Å². The minimum absolute atomic E-state index is 0. The van der Waals surface area contributed by atoms with Crippen LogP contribution < -0.4 is 5.32 Å². The van der Waals surface area contributed by atoms with Crippen LogP contribution in [0.25, 0.3) is 11.0 Å². The zero-order valence-corrected chi connectivity index (χ0v) is 18.7. The quantitative estimate of drug-likeness (QED) is 0.703. The molecule has 154 valence electrons. The van der Waals surface area contributed by atoms with E-state index in [1.807, 2.05) is 25.1 Å². The van der Waals surface area contributed by atoms with E-state index in [9.17, 15) is 4.79 Å². The molecule has 28 heavy (non-hydrogen) atoms. The molecule has 1 aliphatic heterocycles. The molecule has 0 atom stereocenters. The van der Waals surface area contributed by atoms with Gasteiger partial charge < -0.3 is 14.5 Å². The van der Waals surface area contributed by atoms with Crippen LogP contribution in [-0.4, -0.2) is 49.2 Å². The highest BCUT2D eigenvalue weighted by atomic mass is 79.9. The van der Waals surface area contributed by atoms with Crippen LogP contribution in [-0.2, 0) is 4.74 Å². The first kappa shape index (κ1) is 21.6. The smallest absolute Gasteiger partial charge is 0.287 e. The normalized spacial score (nSPS) is 19.9. The summed E-state index contributed by atoms with van der Waals surface area (Å²) in [5, 5.41) is 4.19. The number of nitrogens with zero attached hydrogens (tertiary/aromatic N) is 1. The number of rotatable bonds is 4. The largest absolute Gasteiger partial charge is 0.451 e. The van der Waals surface area contributed by atoms with E-state index < -0.39 is 0 Å². The van der Waals surface area contributed by atoms with Gasteiger partial charge in [0.1, 0.15) is 5.58 Å². The molecule has 2 fully saturated rings. The molecular weight excluding hydrogens is 444 g/mol. The third kappa shape index (κ3) is 4.25. The Hall–Kier alpha value is -1.08. The second-order valence-electron chi connectivity index (χ2n) is 7.76. The van der Waals surface area contributed by atoms with Gasteiger partial charge in [0.2, 0.25) is 0 Å². The number of aryl methyl sites for hydroxylation is 1. The van der Waals surface area contributed by atoms with E-state index in [1.54, 1.807) is 0 Å². The van der Waals surface area contributed by atoms with Crippen LogP contribution in [0.15, 0.2) is 27.1 Å². The van der Waals surface area contributed by atoms with E-state index in [0.29, 0.717) is 12.3 Å². The van der Waals surface area contributed by atoms with Crippen molar-refractivity contribution >= 4 is 45.2 Å². The number of amides is 1. The zero-order chi connectivity index (χ0) is 18.9. The number of ether oxygens (including phenoxy) is 1. The highest BCUT2D eigenvalue weighted by Gasteiger charge is 2.39. The maximum Gasteiger partial charge on any atom is 0.287 e. The van der Waals surface area contributed by atoms with Gasteiger partial charge in [-0.05, 0) is 38.0 Å². The summed E-state index contributed by atoms with van der Waals surface area (Å²) < 4.78 is 12.4. The second-order valence-corrected chi connectivity index (χ2v) is 8.68. The van der Waals surface area contributed by atoms with Crippen LogP contribution in [0.2, 0.25) is 0 Å². The van der Waals surface area contributed by atoms with Crippen LogP contribution >= 0.6 is 28.3 Å². The molecule has 1 aromatic heterocycles. The molecule has 1 saturated heterocycles. The maximum atomic E-state index is 12.9. The van der Waals surface area contributed by atoms with Gasteiger partial charge in [-0.3, -0.25) is 9.69 Å². The van der Waals surface area contributed by atoms with Crippen LogP contribution in [0.1, 0.15) is 48.2 Å². The summed E-state index contributed by atoms with van der Waals surface area (Å²) >= 11 is 3.46. The first-order valence-corrected chi connectivity index (χ1v) is 10.7. The summed E-state index contributed by atoms with van der Waals surface area (Å²) in [5.41, 5.74) is 1.70. The van der Waals surface area contributed by atoms with Gasteiger partial charge in [-0.15, -0.1) is 12.4 Å². The van der Waals surface area contributed by atoms with Gasteiger partial charge >= 0.3 is 0 Å². The molecule has 2 heterocycles. The number of hydrogen-bond acceptors (Lipinski definition) is 4. The molecule has 0 bridgehead atoms. The van der Waals surface area contributed by atoms with Gasteiger partial charge in [-0.2, -0.15) is 0 Å². The topological polar surface area (TPSA) is 54.7 Å². The number of benzene rings is 1. The number of fused-ring (bicyclic) bond motifs is 1. The minimum atomic E-state index is -0.113. The van der Waals surface area contributed by atoms with Crippen molar-refractivity contribution in [2.24, 2.45) is 0 Å². The molecule has 0 spiro atoms. The molecule has 1 aromatic carbocycles. The number of carbonyl (C=O) groups excluding carboxylic acids is 1. The molecule has 4 rings (SSSR count). The predicted octanol–water partition coefficient (Wildman–Crippen LogP) is 4.69. The lowest BCUT2D eigenvalue weighted by atomic mass is 9.79. The third-order valence-corrected chi connectivity index (χ3v) is 6.64. The van der Waals surface area contributed by atoms with Gasteiger partial charge in [0.25, 0.3) is 5.91 Å². The number of carbonyl (C=O) groups is 1. The number of hydrogen-bond donors (Lipinski definition) is 1. The minimum Gasteiger partial charge on any atom is -0.451 e. The molecule has 2 aromatic rings. The van der Waals surface area contributed by atoms with Gasteiger partial charge in [0.05, 0.1) is 13.2 Å². The maximum absolute atomic E-state index is 12.9. The highest BCUT2D eigenvalue weighted by molar-refractivity contribution is 9.10. The van der Waals surface area contributed by atoms with E-state index in [4.69, 9.17) is 9.15 Å². The molecule has 7 heteroatoms. The van der Waals surface area contributed by atoms with E-state index in [2.05, 4.69) is 26.1 Å². The molecule has 1 N–H and O–H groups in total. The Balaban J connectivity index is 0.00000225. The fraction of sp³-hybridized carbons (Fsp3) is 0.571. The van der Waals surface area contributed by atoms with Gasteiger partial charge in [-0.25, -0.2) is 0 Å². The Morgan fingerprint density at radius 2 is 1.93 bits per heavy atom. The van der Waals surface area contributed by atoms with Crippen molar-refractivity contribution < 1.29 is 13.9 Å². The molecule has 5 nitrogen and oxygen atoms in total. The lowest BCUT2D eigenvalue weighted by Crippen LogP contribution is -2.59. The summed E-state index contributed by atoms with van der Waals surface area (Å²) in [6, 6.07) is 5.88. The molecule has 0 unspecified atom stereocenters. The van der Waals surface area contributed by atoms with Crippen molar-refractivity contribution in [3.8, 4) is 0 Å². The lowest BCUT2D eigenvalue weighted by molar-refractivity contribution is -0.0362. The van der Waals surface area contributed by atoms with Crippen molar-refractivity contribution in [1.82, 2.24) is 10.2 Å². The summed E-state index contributed by atoms with van der Waals surface area (Å²) in [6.07, 6.45) is 6.02. The van der Waals surface area contributed by atoms with Crippen LogP contribution in [0.3, 0.4) is 0 Å². The van der Waals surface area contributed by atoms with Crippen molar-refractivity contribution in [3.05, 3.63) is 34.0 Å². The summed E-state index contributed by atoms with van der Waals surface area (Å²) in [4.78, 5) is 15.5. The lowest BCUT2D eigenvalue weighted by Gasteiger charge is -2.48. The average molecular weight is 472 g/mol. The van der Waals surface area contributed by atoms with Crippen molar-refractivity contribution in [1.29, 1.82) is 0 Å². The SMILES string of the molecule is Cc1c(C(=O)NCC2(N3CCOCC3)CCCCC2)oc2cc(Br)ccc12.Cl.